The van der Waals surface area contributed by atoms with Crippen LogP contribution in [0.2, 0.25) is 5.02 Å². The van der Waals surface area contributed by atoms with Crippen LogP contribution in [-0.2, 0) is 0 Å². The van der Waals surface area contributed by atoms with Gasteiger partial charge in [-0.05, 0) is 30.5 Å². The molecule has 1 aliphatic carbocycles. The highest BCUT2D eigenvalue weighted by atomic mass is 35.5. The van der Waals surface area contributed by atoms with E-state index in [9.17, 15) is 5.11 Å². The Morgan fingerprint density at radius 1 is 1.25 bits per heavy atom. The molecule has 1 aliphatic heterocycles. The van der Waals surface area contributed by atoms with Crippen LogP contribution in [0.1, 0.15) is 37.3 Å². The van der Waals surface area contributed by atoms with E-state index in [1.165, 1.54) is 25.7 Å². The van der Waals surface area contributed by atoms with Crippen LogP contribution >= 0.6 is 11.6 Å². The van der Waals surface area contributed by atoms with Gasteiger partial charge in [0.15, 0.2) is 11.5 Å². The van der Waals surface area contributed by atoms with Crippen LogP contribution in [0, 0.1) is 0 Å². The molecule has 20 heavy (non-hydrogen) atoms. The lowest BCUT2D eigenvalue weighted by atomic mass is 10.0. The second-order valence-electron chi connectivity index (χ2n) is 5.41. The summed E-state index contributed by atoms with van der Waals surface area (Å²) in [7, 11) is 0. The van der Waals surface area contributed by atoms with Crippen LogP contribution in [0.5, 0.6) is 11.5 Å². The van der Waals surface area contributed by atoms with E-state index in [0.717, 1.165) is 5.56 Å². The maximum atomic E-state index is 9.66. The second-order valence-corrected chi connectivity index (χ2v) is 5.82. The Bertz CT molecular complexity index is 474. The third kappa shape index (κ3) is 2.87. The van der Waals surface area contributed by atoms with Crippen LogP contribution in [0.15, 0.2) is 12.1 Å². The lowest BCUT2D eigenvalue weighted by Gasteiger charge is -2.25. The molecule has 1 unspecified atom stereocenters. The Balaban J connectivity index is 1.81. The van der Waals surface area contributed by atoms with Gasteiger partial charge in [0.25, 0.3) is 0 Å². The smallest absolute Gasteiger partial charge is 0.179 e. The van der Waals surface area contributed by atoms with E-state index in [4.69, 9.17) is 21.1 Å². The maximum Gasteiger partial charge on any atom is 0.179 e. The monoisotopic (exact) mass is 297 g/mol. The molecule has 2 N–H and O–H groups in total. The molecule has 1 aromatic carbocycles. The molecule has 1 saturated carbocycles. The van der Waals surface area contributed by atoms with E-state index in [1.807, 2.05) is 12.1 Å². The fourth-order valence-electron chi connectivity index (χ4n) is 2.96. The molecule has 5 heteroatoms. The van der Waals surface area contributed by atoms with Gasteiger partial charge in [-0.25, -0.2) is 0 Å². The molecule has 1 heterocycles. The molecule has 2 aliphatic rings. The number of nitrogens with one attached hydrogen (secondary N) is 1. The lowest BCUT2D eigenvalue weighted by Crippen LogP contribution is -2.32. The third-order valence-electron chi connectivity index (χ3n) is 4.00. The van der Waals surface area contributed by atoms with Crippen LogP contribution in [0.25, 0.3) is 0 Å². The van der Waals surface area contributed by atoms with Gasteiger partial charge in [0.1, 0.15) is 13.2 Å². The molecular weight excluding hydrogens is 278 g/mol. The summed E-state index contributed by atoms with van der Waals surface area (Å²) in [5.41, 5.74) is 0.952. The first kappa shape index (κ1) is 14.0. The van der Waals surface area contributed by atoms with Gasteiger partial charge in [0.2, 0.25) is 0 Å². The molecule has 1 atom stereocenters. The summed E-state index contributed by atoms with van der Waals surface area (Å²) in [6, 6.07) is 4.16. The fraction of sp³-hybridized carbons (Fsp3) is 0.600. The highest BCUT2D eigenvalue weighted by Gasteiger charge is 2.23. The zero-order chi connectivity index (χ0) is 13.9. The Labute approximate surface area is 124 Å². The fourth-order valence-corrected chi connectivity index (χ4v) is 3.24. The molecule has 4 nitrogen and oxygen atoms in total. The molecule has 0 bridgehead atoms. The van der Waals surface area contributed by atoms with Crippen LogP contribution in [-0.4, -0.2) is 31.0 Å². The van der Waals surface area contributed by atoms with Crippen molar-refractivity contribution in [3.05, 3.63) is 22.7 Å². The maximum absolute atomic E-state index is 9.66. The number of fused-ring (bicyclic) bond motifs is 1. The van der Waals surface area contributed by atoms with Crippen molar-refractivity contribution in [3.8, 4) is 11.5 Å². The highest BCUT2D eigenvalue weighted by molar-refractivity contribution is 6.32. The number of ether oxygens (including phenoxy) is 2. The van der Waals surface area contributed by atoms with Crippen molar-refractivity contribution in [2.45, 2.75) is 37.8 Å². The first-order valence-corrected chi connectivity index (χ1v) is 7.61. The summed E-state index contributed by atoms with van der Waals surface area (Å²) in [4.78, 5) is 0. The molecular formula is C15H20ClNO3. The van der Waals surface area contributed by atoms with Crippen LogP contribution in [0.4, 0.5) is 0 Å². The number of aliphatic hydroxyl groups is 1. The second kappa shape index (κ2) is 6.20. The van der Waals surface area contributed by atoms with E-state index in [2.05, 4.69) is 5.32 Å². The normalized spacial score (nSPS) is 20.1. The van der Waals surface area contributed by atoms with Crippen molar-refractivity contribution >= 4 is 11.6 Å². The molecule has 110 valence electrons. The molecule has 0 radical (unpaired) electrons. The Kier molecular flexibility index (Phi) is 4.34. The topological polar surface area (TPSA) is 50.7 Å². The first-order chi connectivity index (χ1) is 9.78. The largest absolute Gasteiger partial charge is 0.486 e. The number of aliphatic hydroxyl groups excluding tert-OH is 1. The van der Waals surface area contributed by atoms with Gasteiger partial charge in [0, 0.05) is 6.04 Å². The number of benzene rings is 1. The van der Waals surface area contributed by atoms with E-state index >= 15 is 0 Å². The third-order valence-corrected chi connectivity index (χ3v) is 4.28. The van der Waals surface area contributed by atoms with E-state index in [0.29, 0.717) is 35.8 Å². The van der Waals surface area contributed by atoms with Gasteiger partial charge < -0.3 is 19.9 Å². The zero-order valence-electron chi connectivity index (χ0n) is 11.4. The average Bonchev–Trinajstić information content (AvgIpc) is 2.97. The van der Waals surface area contributed by atoms with Gasteiger partial charge in [-0.1, -0.05) is 24.4 Å². The minimum absolute atomic E-state index is 0.0481. The van der Waals surface area contributed by atoms with Crippen molar-refractivity contribution in [2.24, 2.45) is 0 Å². The minimum atomic E-state index is -0.105. The summed E-state index contributed by atoms with van der Waals surface area (Å²) < 4.78 is 11.1. The number of rotatable bonds is 4. The highest BCUT2D eigenvalue weighted by Crippen LogP contribution is 2.39. The first-order valence-electron chi connectivity index (χ1n) is 7.24. The lowest BCUT2D eigenvalue weighted by molar-refractivity contribution is 0.171. The van der Waals surface area contributed by atoms with E-state index in [-0.39, 0.29) is 12.6 Å². The van der Waals surface area contributed by atoms with Gasteiger partial charge in [-0.3, -0.25) is 0 Å². The van der Waals surface area contributed by atoms with Crippen molar-refractivity contribution in [3.63, 3.8) is 0 Å². The van der Waals surface area contributed by atoms with Crippen LogP contribution < -0.4 is 14.8 Å². The Morgan fingerprint density at radius 2 is 2.00 bits per heavy atom. The predicted octanol–water partition coefficient (Wildman–Crippen LogP) is 2.68. The van der Waals surface area contributed by atoms with Crippen molar-refractivity contribution < 1.29 is 14.6 Å². The zero-order valence-corrected chi connectivity index (χ0v) is 12.2. The van der Waals surface area contributed by atoms with Crippen molar-refractivity contribution in [2.75, 3.05) is 19.8 Å². The molecule has 3 rings (SSSR count). The Morgan fingerprint density at radius 3 is 2.75 bits per heavy atom. The van der Waals surface area contributed by atoms with Gasteiger partial charge in [-0.2, -0.15) is 0 Å². The van der Waals surface area contributed by atoms with Gasteiger partial charge in [0.05, 0.1) is 17.7 Å². The van der Waals surface area contributed by atoms with Crippen LogP contribution in [0.3, 0.4) is 0 Å². The summed E-state index contributed by atoms with van der Waals surface area (Å²) in [5, 5.41) is 13.7. The molecule has 0 saturated heterocycles. The minimum Gasteiger partial charge on any atom is -0.486 e. The average molecular weight is 298 g/mol. The van der Waals surface area contributed by atoms with Crippen molar-refractivity contribution in [1.29, 1.82) is 0 Å². The molecule has 1 fully saturated rings. The standard InChI is InChI=1S/C15H20ClNO3/c16-12-7-10(8-14-15(12)20-6-5-19-14)13(9-18)17-11-3-1-2-4-11/h7-8,11,13,17-18H,1-6,9H2. The number of halogens is 1. The molecule has 1 aromatic rings. The predicted molar refractivity (Wildman–Crippen MR) is 77.7 cm³/mol. The number of hydrogen-bond donors (Lipinski definition) is 2. The molecule has 0 spiro atoms. The molecule has 0 aromatic heterocycles. The van der Waals surface area contributed by atoms with Crippen molar-refractivity contribution in [1.82, 2.24) is 5.32 Å². The van der Waals surface area contributed by atoms with E-state index in [1.54, 1.807) is 0 Å². The summed E-state index contributed by atoms with van der Waals surface area (Å²) in [5.74, 6) is 1.28. The quantitative estimate of drug-likeness (QED) is 0.897. The van der Waals surface area contributed by atoms with Gasteiger partial charge >= 0.3 is 0 Å². The Hall–Kier alpha value is -0.970. The van der Waals surface area contributed by atoms with E-state index < -0.39 is 0 Å². The SMILES string of the molecule is OCC(NC1CCCC1)c1cc(Cl)c2c(c1)OCCO2. The summed E-state index contributed by atoms with van der Waals surface area (Å²) in [6.07, 6.45) is 4.87. The number of hydrogen-bond acceptors (Lipinski definition) is 4. The molecule has 0 amide bonds. The summed E-state index contributed by atoms with van der Waals surface area (Å²) >= 11 is 6.25. The summed E-state index contributed by atoms with van der Waals surface area (Å²) in [6.45, 7) is 1.11. The van der Waals surface area contributed by atoms with Gasteiger partial charge in [-0.15, -0.1) is 0 Å².